The molecule has 0 bridgehead atoms. The van der Waals surface area contributed by atoms with E-state index in [0.717, 1.165) is 12.5 Å². The third-order valence-corrected chi connectivity index (χ3v) is 5.23. The Bertz CT molecular complexity index is 305. The summed E-state index contributed by atoms with van der Waals surface area (Å²) in [5, 5.41) is 0. The largest absolute Gasteiger partial charge is 0.304 e. The lowest BCUT2D eigenvalue weighted by molar-refractivity contribution is 0.223. The van der Waals surface area contributed by atoms with Gasteiger partial charge < -0.3 is 4.90 Å². The van der Waals surface area contributed by atoms with Gasteiger partial charge in [0, 0.05) is 6.04 Å². The average Bonchev–Trinajstić information content (AvgIpc) is 2.63. The Labute approximate surface area is 160 Å². The van der Waals surface area contributed by atoms with Gasteiger partial charge in [-0.3, -0.25) is 0 Å². The van der Waals surface area contributed by atoms with Crippen molar-refractivity contribution in [3.05, 3.63) is 24.3 Å². The van der Waals surface area contributed by atoms with Crippen LogP contribution in [-0.4, -0.2) is 24.5 Å². The number of hydrogen-bond acceptors (Lipinski definition) is 1. The lowest BCUT2D eigenvalue weighted by atomic mass is 10.0. The summed E-state index contributed by atoms with van der Waals surface area (Å²) in [5.74, 6) is 0. The fraction of sp³-hybridized carbons (Fsp3) is 0.833. The van der Waals surface area contributed by atoms with E-state index in [1.54, 1.807) is 0 Å². The molecule has 0 aromatic heterocycles. The van der Waals surface area contributed by atoms with Crippen LogP contribution in [0, 0.1) is 0 Å². The molecule has 0 N–H and O–H groups in total. The molecule has 1 nitrogen and oxygen atoms in total. The zero-order valence-corrected chi connectivity index (χ0v) is 17.9. The van der Waals surface area contributed by atoms with Crippen molar-refractivity contribution in [1.29, 1.82) is 0 Å². The molecule has 0 aliphatic rings. The van der Waals surface area contributed by atoms with Crippen molar-refractivity contribution < 1.29 is 0 Å². The van der Waals surface area contributed by atoms with Gasteiger partial charge in [0.1, 0.15) is 0 Å². The number of unbranched alkanes of at least 4 members (excludes halogenated alkanes) is 8. The van der Waals surface area contributed by atoms with Crippen molar-refractivity contribution in [2.45, 2.75) is 117 Å². The zero-order chi connectivity index (χ0) is 18.6. The zero-order valence-electron chi connectivity index (χ0n) is 17.9. The molecule has 1 atom stereocenters. The fourth-order valence-corrected chi connectivity index (χ4v) is 3.37. The van der Waals surface area contributed by atoms with Gasteiger partial charge in [-0.1, -0.05) is 90.0 Å². The van der Waals surface area contributed by atoms with Gasteiger partial charge in [0.15, 0.2) is 0 Å². The van der Waals surface area contributed by atoms with Gasteiger partial charge in [0.25, 0.3) is 0 Å². The monoisotopic (exact) mass is 349 g/mol. The Kier molecular flexibility index (Phi) is 19.3. The molecule has 0 heterocycles. The molecule has 0 aliphatic heterocycles. The number of hydrogen-bond donors (Lipinski definition) is 0. The number of nitrogens with zero attached hydrogens (tertiary/aromatic N) is 1. The summed E-state index contributed by atoms with van der Waals surface area (Å²) in [5.41, 5.74) is 0. The Balaban J connectivity index is 3.44. The van der Waals surface area contributed by atoms with E-state index in [2.05, 4.69) is 57.0 Å². The molecule has 1 unspecified atom stereocenters. The molecule has 0 amide bonds. The summed E-state index contributed by atoms with van der Waals surface area (Å²) < 4.78 is 0. The van der Waals surface area contributed by atoms with Crippen molar-refractivity contribution in [3.8, 4) is 0 Å². The number of allylic oxidation sites excluding steroid dienone is 4. The van der Waals surface area contributed by atoms with Crippen LogP contribution < -0.4 is 0 Å². The molecule has 0 aliphatic carbocycles. The maximum absolute atomic E-state index is 2.53. The predicted molar refractivity (Wildman–Crippen MR) is 116 cm³/mol. The van der Waals surface area contributed by atoms with Crippen molar-refractivity contribution in [3.63, 3.8) is 0 Å². The second kappa shape index (κ2) is 19.8. The highest BCUT2D eigenvalue weighted by Crippen LogP contribution is 2.15. The van der Waals surface area contributed by atoms with Crippen LogP contribution in [0.4, 0.5) is 0 Å². The highest BCUT2D eigenvalue weighted by molar-refractivity contribution is 4.92. The van der Waals surface area contributed by atoms with Crippen molar-refractivity contribution in [1.82, 2.24) is 4.90 Å². The minimum atomic E-state index is 0.813. The minimum absolute atomic E-state index is 0.813. The van der Waals surface area contributed by atoms with Crippen LogP contribution >= 0.6 is 0 Å². The lowest BCUT2D eigenvalue weighted by Crippen LogP contribution is -2.31. The van der Waals surface area contributed by atoms with Crippen LogP contribution in [0.1, 0.15) is 111 Å². The molecule has 0 spiro atoms. The molecular formula is C24H47N. The average molecular weight is 350 g/mol. The van der Waals surface area contributed by atoms with Crippen LogP contribution in [0.3, 0.4) is 0 Å². The van der Waals surface area contributed by atoms with Crippen LogP contribution in [0.5, 0.6) is 0 Å². The predicted octanol–water partition coefficient (Wildman–Crippen LogP) is 7.92. The van der Waals surface area contributed by atoms with Gasteiger partial charge in [-0.25, -0.2) is 0 Å². The Morgan fingerprint density at radius 2 is 1.24 bits per heavy atom. The van der Waals surface area contributed by atoms with Crippen molar-refractivity contribution in [2.24, 2.45) is 0 Å². The highest BCUT2D eigenvalue weighted by Gasteiger charge is 2.11. The second-order valence-electron chi connectivity index (χ2n) is 7.54. The molecule has 0 rings (SSSR count). The quantitative estimate of drug-likeness (QED) is 0.179. The molecule has 0 aromatic rings. The first-order valence-electron chi connectivity index (χ1n) is 11.3. The van der Waals surface area contributed by atoms with E-state index in [-0.39, 0.29) is 0 Å². The van der Waals surface area contributed by atoms with E-state index in [0.29, 0.717) is 0 Å². The summed E-state index contributed by atoms with van der Waals surface area (Å²) in [6.45, 7) is 8.04. The first-order chi connectivity index (χ1) is 12.3. The summed E-state index contributed by atoms with van der Waals surface area (Å²) in [4.78, 5) is 2.53. The van der Waals surface area contributed by atoms with E-state index in [1.165, 1.54) is 90.0 Å². The molecule has 0 saturated heterocycles. The third-order valence-electron chi connectivity index (χ3n) is 5.23. The highest BCUT2D eigenvalue weighted by atomic mass is 15.1. The minimum Gasteiger partial charge on any atom is -0.304 e. The summed E-state index contributed by atoms with van der Waals surface area (Å²) in [7, 11) is 2.28. The Morgan fingerprint density at radius 1 is 0.640 bits per heavy atom. The van der Waals surface area contributed by atoms with Gasteiger partial charge in [0.2, 0.25) is 0 Å². The Hall–Kier alpha value is -0.560. The van der Waals surface area contributed by atoms with E-state index in [4.69, 9.17) is 0 Å². The first-order valence-corrected chi connectivity index (χ1v) is 11.3. The topological polar surface area (TPSA) is 3.24 Å². The van der Waals surface area contributed by atoms with Crippen LogP contribution in [0.2, 0.25) is 0 Å². The maximum atomic E-state index is 2.53. The maximum Gasteiger partial charge on any atom is 0.00919 e. The van der Waals surface area contributed by atoms with E-state index in [9.17, 15) is 0 Å². The fourth-order valence-electron chi connectivity index (χ4n) is 3.37. The van der Waals surface area contributed by atoms with E-state index >= 15 is 0 Å². The van der Waals surface area contributed by atoms with Gasteiger partial charge in [-0.05, 0) is 58.5 Å². The van der Waals surface area contributed by atoms with E-state index < -0.39 is 0 Å². The van der Waals surface area contributed by atoms with Crippen molar-refractivity contribution >= 4 is 0 Å². The van der Waals surface area contributed by atoms with Gasteiger partial charge in [-0.15, -0.1) is 0 Å². The molecule has 0 radical (unpaired) electrons. The normalized spacial score (nSPS) is 13.5. The molecule has 25 heavy (non-hydrogen) atoms. The molecule has 148 valence electrons. The summed E-state index contributed by atoms with van der Waals surface area (Å²) in [6.07, 6.45) is 28.2. The lowest BCUT2D eigenvalue weighted by Gasteiger charge is -2.26. The van der Waals surface area contributed by atoms with Crippen LogP contribution in [0.25, 0.3) is 0 Å². The van der Waals surface area contributed by atoms with Gasteiger partial charge in [-0.2, -0.15) is 0 Å². The first kappa shape index (κ1) is 24.4. The molecule has 0 fully saturated rings. The van der Waals surface area contributed by atoms with Crippen LogP contribution in [0.15, 0.2) is 24.3 Å². The smallest absolute Gasteiger partial charge is 0.00919 e. The van der Waals surface area contributed by atoms with Gasteiger partial charge in [0.05, 0.1) is 0 Å². The number of rotatable bonds is 18. The van der Waals surface area contributed by atoms with Crippen LogP contribution in [-0.2, 0) is 0 Å². The summed E-state index contributed by atoms with van der Waals surface area (Å²) in [6, 6.07) is 0.813. The molecule has 0 saturated carbocycles. The van der Waals surface area contributed by atoms with Crippen molar-refractivity contribution in [2.75, 3.05) is 13.6 Å². The van der Waals surface area contributed by atoms with E-state index in [1.807, 2.05) is 0 Å². The SMILES string of the molecule is CCCCC/C=C\C/C=C\CCCCCCCC(CCC)N(C)CC. The molecular weight excluding hydrogens is 302 g/mol. The third kappa shape index (κ3) is 16.6. The molecule has 1 heteroatoms. The Morgan fingerprint density at radius 3 is 1.84 bits per heavy atom. The second-order valence-corrected chi connectivity index (χ2v) is 7.54. The summed E-state index contributed by atoms with van der Waals surface area (Å²) >= 11 is 0. The standard InChI is InChI=1S/C24H47N/c1-5-8-9-10-11-12-13-14-15-16-17-18-19-20-21-23-24(22-6-2)25(4)7-3/h11-12,14-15,24H,5-10,13,16-23H2,1-4H3/b12-11-,15-14-. The van der Waals surface area contributed by atoms with Gasteiger partial charge >= 0.3 is 0 Å². The molecule has 0 aromatic carbocycles.